The van der Waals surface area contributed by atoms with E-state index in [4.69, 9.17) is 4.74 Å². The highest BCUT2D eigenvalue weighted by atomic mass is 16.5. The maximum Gasteiger partial charge on any atom is 0.0648 e. The molecule has 0 aromatic rings. The first kappa shape index (κ1) is 11.2. The summed E-state index contributed by atoms with van der Waals surface area (Å²) in [5.74, 6) is 3.47. The highest BCUT2D eigenvalue weighted by Gasteiger charge is 2.40. The van der Waals surface area contributed by atoms with Gasteiger partial charge in [0.25, 0.3) is 0 Å². The van der Waals surface area contributed by atoms with Gasteiger partial charge in [0.05, 0.1) is 12.7 Å². The van der Waals surface area contributed by atoms with Gasteiger partial charge in [0.15, 0.2) is 0 Å². The molecule has 0 spiro atoms. The van der Waals surface area contributed by atoms with Gasteiger partial charge in [-0.15, -0.1) is 6.58 Å². The van der Waals surface area contributed by atoms with E-state index in [1.807, 2.05) is 6.08 Å². The van der Waals surface area contributed by atoms with Crippen molar-refractivity contribution in [3.8, 4) is 0 Å². The predicted molar refractivity (Wildman–Crippen MR) is 63.7 cm³/mol. The fraction of sp³-hybridized carbons (Fsp3) is 0.857. The Balaban J connectivity index is 1.99. The lowest BCUT2D eigenvalue weighted by Gasteiger charge is -2.45. The van der Waals surface area contributed by atoms with Gasteiger partial charge in [0.2, 0.25) is 0 Å². The summed E-state index contributed by atoms with van der Waals surface area (Å²) in [6.07, 6.45) is 8.00. The summed E-state index contributed by atoms with van der Waals surface area (Å²) in [7, 11) is 0. The molecule has 2 saturated carbocycles. The molecular formula is C14H24O. The van der Waals surface area contributed by atoms with Crippen molar-refractivity contribution in [3.05, 3.63) is 12.7 Å². The molecule has 0 aromatic heterocycles. The van der Waals surface area contributed by atoms with Crippen molar-refractivity contribution in [2.45, 2.75) is 45.6 Å². The molecule has 2 aliphatic rings. The minimum Gasteiger partial charge on any atom is -0.374 e. The lowest BCUT2D eigenvalue weighted by Crippen LogP contribution is -2.42. The van der Waals surface area contributed by atoms with Crippen LogP contribution in [0.4, 0.5) is 0 Å². The molecule has 0 saturated heterocycles. The van der Waals surface area contributed by atoms with Crippen LogP contribution in [0.1, 0.15) is 39.5 Å². The van der Waals surface area contributed by atoms with Gasteiger partial charge in [-0.1, -0.05) is 19.9 Å². The Bertz CT molecular complexity index is 219. The standard InChI is InChI=1S/C14H24O/c1-4-5-15-14-11(3)8-12-6-10(2)7-13(14)9-12/h4,10-14H,1,5-9H2,2-3H3. The normalized spacial score (nSPS) is 45.1. The predicted octanol–water partition coefficient (Wildman–Crippen LogP) is 3.65. The zero-order valence-electron chi connectivity index (χ0n) is 10.1. The third-order valence-corrected chi connectivity index (χ3v) is 4.21. The Hall–Kier alpha value is -0.300. The summed E-state index contributed by atoms with van der Waals surface area (Å²) in [6.45, 7) is 9.23. The summed E-state index contributed by atoms with van der Waals surface area (Å²) in [5, 5.41) is 0. The van der Waals surface area contributed by atoms with Crippen LogP contribution in [0.25, 0.3) is 0 Å². The topological polar surface area (TPSA) is 9.23 Å². The highest BCUT2D eigenvalue weighted by Crippen LogP contribution is 2.45. The zero-order chi connectivity index (χ0) is 10.8. The smallest absolute Gasteiger partial charge is 0.0648 e. The van der Waals surface area contributed by atoms with Crippen molar-refractivity contribution in [2.75, 3.05) is 6.61 Å². The van der Waals surface area contributed by atoms with Gasteiger partial charge in [-0.2, -0.15) is 0 Å². The molecule has 2 fully saturated rings. The van der Waals surface area contributed by atoms with Crippen LogP contribution in [0.3, 0.4) is 0 Å². The van der Waals surface area contributed by atoms with Gasteiger partial charge in [0, 0.05) is 0 Å². The zero-order valence-corrected chi connectivity index (χ0v) is 10.1. The molecule has 2 rings (SSSR count). The van der Waals surface area contributed by atoms with Gasteiger partial charge in [0.1, 0.15) is 0 Å². The molecule has 5 unspecified atom stereocenters. The number of ether oxygens (including phenoxy) is 1. The number of rotatable bonds is 3. The lowest BCUT2D eigenvalue weighted by molar-refractivity contribution is -0.0702. The molecule has 5 atom stereocenters. The first-order chi connectivity index (χ1) is 7.20. The van der Waals surface area contributed by atoms with Crippen LogP contribution in [0.2, 0.25) is 0 Å². The Kier molecular flexibility index (Phi) is 3.50. The Morgan fingerprint density at radius 1 is 1.20 bits per heavy atom. The number of hydrogen-bond donors (Lipinski definition) is 0. The van der Waals surface area contributed by atoms with Crippen molar-refractivity contribution in [2.24, 2.45) is 23.7 Å². The largest absolute Gasteiger partial charge is 0.374 e. The molecule has 2 aliphatic carbocycles. The molecule has 86 valence electrons. The molecule has 0 radical (unpaired) electrons. The maximum atomic E-state index is 5.96. The van der Waals surface area contributed by atoms with E-state index in [0.717, 1.165) is 30.3 Å². The average molecular weight is 208 g/mol. The summed E-state index contributed by atoms with van der Waals surface area (Å²) >= 11 is 0. The minimum absolute atomic E-state index is 0.502. The molecule has 0 aliphatic heterocycles. The van der Waals surface area contributed by atoms with E-state index < -0.39 is 0 Å². The van der Waals surface area contributed by atoms with Crippen LogP contribution in [-0.2, 0) is 4.74 Å². The second-order valence-corrected chi connectivity index (χ2v) is 5.74. The first-order valence-corrected chi connectivity index (χ1v) is 6.43. The second kappa shape index (κ2) is 4.69. The van der Waals surface area contributed by atoms with E-state index in [1.54, 1.807) is 0 Å². The van der Waals surface area contributed by atoms with Crippen LogP contribution < -0.4 is 0 Å². The van der Waals surface area contributed by atoms with E-state index in [2.05, 4.69) is 20.4 Å². The van der Waals surface area contributed by atoms with Crippen LogP contribution in [0.15, 0.2) is 12.7 Å². The van der Waals surface area contributed by atoms with E-state index >= 15 is 0 Å². The monoisotopic (exact) mass is 208 g/mol. The Morgan fingerprint density at radius 2 is 2.00 bits per heavy atom. The summed E-state index contributed by atoms with van der Waals surface area (Å²) in [6, 6.07) is 0. The molecule has 0 heterocycles. The number of hydrogen-bond acceptors (Lipinski definition) is 1. The van der Waals surface area contributed by atoms with Crippen molar-refractivity contribution >= 4 is 0 Å². The molecule has 1 nitrogen and oxygen atoms in total. The number of fused-ring (bicyclic) bond motifs is 2. The summed E-state index contributed by atoms with van der Waals surface area (Å²) < 4.78 is 5.96. The third kappa shape index (κ3) is 2.44. The van der Waals surface area contributed by atoms with Gasteiger partial charge in [-0.25, -0.2) is 0 Å². The van der Waals surface area contributed by atoms with Crippen LogP contribution >= 0.6 is 0 Å². The molecule has 0 aromatic carbocycles. The fourth-order valence-corrected chi connectivity index (χ4v) is 3.87. The third-order valence-electron chi connectivity index (χ3n) is 4.21. The van der Waals surface area contributed by atoms with Gasteiger partial charge in [-0.3, -0.25) is 0 Å². The van der Waals surface area contributed by atoms with Crippen molar-refractivity contribution in [3.63, 3.8) is 0 Å². The first-order valence-electron chi connectivity index (χ1n) is 6.43. The van der Waals surface area contributed by atoms with Crippen LogP contribution in [0.5, 0.6) is 0 Å². The molecule has 15 heavy (non-hydrogen) atoms. The van der Waals surface area contributed by atoms with E-state index in [9.17, 15) is 0 Å². The van der Waals surface area contributed by atoms with Gasteiger partial charge >= 0.3 is 0 Å². The highest BCUT2D eigenvalue weighted by molar-refractivity contribution is 4.91. The fourth-order valence-electron chi connectivity index (χ4n) is 3.87. The Morgan fingerprint density at radius 3 is 2.73 bits per heavy atom. The van der Waals surface area contributed by atoms with Crippen LogP contribution in [0, 0.1) is 23.7 Å². The van der Waals surface area contributed by atoms with Gasteiger partial charge in [-0.05, 0) is 49.4 Å². The average Bonchev–Trinajstić information content (AvgIpc) is 2.16. The van der Waals surface area contributed by atoms with E-state index in [1.165, 1.54) is 25.7 Å². The quantitative estimate of drug-likeness (QED) is 0.643. The van der Waals surface area contributed by atoms with E-state index in [-0.39, 0.29) is 0 Å². The van der Waals surface area contributed by atoms with Crippen molar-refractivity contribution < 1.29 is 4.74 Å². The SMILES string of the molecule is C=CCOC1C(C)CC2CC(C)CC1C2. The maximum absolute atomic E-state index is 5.96. The van der Waals surface area contributed by atoms with Crippen molar-refractivity contribution in [1.82, 2.24) is 0 Å². The van der Waals surface area contributed by atoms with Crippen molar-refractivity contribution in [1.29, 1.82) is 0 Å². The molecule has 1 heteroatoms. The Labute approximate surface area is 93.9 Å². The second-order valence-electron chi connectivity index (χ2n) is 5.74. The summed E-state index contributed by atoms with van der Waals surface area (Å²) in [5.41, 5.74) is 0. The summed E-state index contributed by atoms with van der Waals surface area (Å²) in [4.78, 5) is 0. The minimum atomic E-state index is 0.502. The van der Waals surface area contributed by atoms with E-state index in [0.29, 0.717) is 6.10 Å². The molecular weight excluding hydrogens is 184 g/mol. The molecule has 0 amide bonds. The van der Waals surface area contributed by atoms with Gasteiger partial charge < -0.3 is 4.74 Å². The van der Waals surface area contributed by atoms with Crippen LogP contribution in [-0.4, -0.2) is 12.7 Å². The lowest BCUT2D eigenvalue weighted by atomic mass is 9.64. The molecule has 0 N–H and O–H groups in total. The molecule has 2 bridgehead atoms.